The van der Waals surface area contributed by atoms with Crippen molar-refractivity contribution in [1.82, 2.24) is 15.0 Å². The number of pyridine rings is 1. The van der Waals surface area contributed by atoms with Gasteiger partial charge in [0, 0.05) is 35.6 Å². The van der Waals surface area contributed by atoms with Crippen LogP contribution in [-0.4, -0.2) is 51.9 Å². The molecular weight excluding hydrogens is 424 g/mol. The van der Waals surface area contributed by atoms with Gasteiger partial charge in [-0.25, -0.2) is 15.0 Å². The van der Waals surface area contributed by atoms with Gasteiger partial charge in [-0.05, 0) is 32.8 Å². The van der Waals surface area contributed by atoms with Crippen LogP contribution in [0.5, 0.6) is 0 Å². The van der Waals surface area contributed by atoms with E-state index in [0.717, 1.165) is 42.3 Å². The molecule has 4 rings (SSSR count). The van der Waals surface area contributed by atoms with Crippen LogP contribution in [-0.2, 0) is 11.3 Å². The molecule has 1 spiro atoms. The summed E-state index contributed by atoms with van der Waals surface area (Å²) in [5.41, 5.74) is 13.6. The van der Waals surface area contributed by atoms with Crippen LogP contribution in [0.15, 0.2) is 22.2 Å². The minimum atomic E-state index is -0.191. The first-order valence-electron chi connectivity index (χ1n) is 10.0. The molecule has 2 aromatic heterocycles. The Morgan fingerprint density at radius 1 is 1.37 bits per heavy atom. The van der Waals surface area contributed by atoms with Crippen LogP contribution >= 0.6 is 23.4 Å². The predicted molar refractivity (Wildman–Crippen MR) is 118 cm³/mol. The second kappa shape index (κ2) is 8.47. The number of piperidine rings is 1. The molecule has 4 heterocycles. The molecule has 2 unspecified atom stereocenters. The molecule has 0 radical (unpaired) electrons. The number of hydrogen-bond acceptors (Lipinski definition) is 9. The van der Waals surface area contributed by atoms with Gasteiger partial charge in [0.15, 0.2) is 5.82 Å². The van der Waals surface area contributed by atoms with E-state index in [4.69, 9.17) is 32.8 Å². The molecule has 0 bridgehead atoms. The molecule has 2 aliphatic rings. The fraction of sp³-hybridized carbons (Fsp3) is 0.550. The first-order valence-corrected chi connectivity index (χ1v) is 11.2. The average molecular weight is 451 g/mol. The Bertz CT molecular complexity index is 938. The third-order valence-electron chi connectivity index (χ3n) is 6.22. The topological polar surface area (TPSA) is 123 Å². The van der Waals surface area contributed by atoms with Crippen LogP contribution in [0, 0.1) is 12.3 Å². The third-order valence-corrected chi connectivity index (χ3v) is 7.87. The zero-order valence-corrected chi connectivity index (χ0v) is 18.7. The van der Waals surface area contributed by atoms with E-state index in [-0.39, 0.29) is 30.0 Å². The molecule has 30 heavy (non-hydrogen) atoms. The number of aliphatic hydroxyl groups is 1. The van der Waals surface area contributed by atoms with Crippen molar-refractivity contribution in [3.8, 4) is 0 Å². The van der Waals surface area contributed by atoms with Crippen LogP contribution < -0.4 is 16.4 Å². The Morgan fingerprint density at radius 2 is 2.10 bits per heavy atom. The van der Waals surface area contributed by atoms with Gasteiger partial charge >= 0.3 is 0 Å². The number of nitrogens with zero attached hydrogens (tertiary/aromatic N) is 4. The Balaban J connectivity index is 1.55. The van der Waals surface area contributed by atoms with Crippen LogP contribution in [0.3, 0.4) is 0 Å². The molecule has 5 N–H and O–H groups in total. The van der Waals surface area contributed by atoms with E-state index < -0.39 is 0 Å². The number of nitrogen functional groups attached to an aromatic ring is 1. The van der Waals surface area contributed by atoms with Crippen LogP contribution in [0.1, 0.15) is 31.2 Å². The molecule has 2 fully saturated rings. The summed E-state index contributed by atoms with van der Waals surface area (Å²) in [6.45, 7) is 6.10. The number of aromatic nitrogens is 3. The van der Waals surface area contributed by atoms with Crippen molar-refractivity contribution in [3.63, 3.8) is 0 Å². The number of aliphatic hydroxyl groups excluding tert-OH is 1. The second-order valence-electron chi connectivity index (χ2n) is 8.04. The molecule has 0 amide bonds. The molecule has 0 saturated carbocycles. The van der Waals surface area contributed by atoms with E-state index in [1.54, 1.807) is 12.3 Å². The van der Waals surface area contributed by atoms with Gasteiger partial charge in [-0.1, -0.05) is 23.4 Å². The summed E-state index contributed by atoms with van der Waals surface area (Å²) in [6.07, 6.45) is 3.58. The van der Waals surface area contributed by atoms with E-state index in [0.29, 0.717) is 22.3 Å². The Kier molecular flexibility index (Phi) is 6.09. The number of rotatable bonds is 4. The summed E-state index contributed by atoms with van der Waals surface area (Å²) in [4.78, 5) is 16.4. The highest BCUT2D eigenvalue weighted by atomic mass is 35.5. The molecule has 2 aromatic rings. The molecule has 0 aliphatic carbocycles. The largest absolute Gasteiger partial charge is 0.390 e. The summed E-state index contributed by atoms with van der Waals surface area (Å²) >= 11 is 7.64. The summed E-state index contributed by atoms with van der Waals surface area (Å²) in [5, 5.41) is 11.1. The monoisotopic (exact) mass is 450 g/mol. The minimum absolute atomic E-state index is 0.0333. The van der Waals surface area contributed by atoms with Crippen molar-refractivity contribution >= 4 is 35.0 Å². The predicted octanol–water partition coefficient (Wildman–Crippen LogP) is 2.39. The maximum Gasteiger partial charge on any atom is 0.153 e. The second-order valence-corrected chi connectivity index (χ2v) is 9.45. The van der Waals surface area contributed by atoms with Crippen molar-refractivity contribution in [3.05, 3.63) is 28.7 Å². The number of nitrogens with two attached hydrogens (primary N) is 2. The summed E-state index contributed by atoms with van der Waals surface area (Å²) in [5.74, 6) is 1.01. The highest BCUT2D eigenvalue weighted by molar-refractivity contribution is 7.99. The van der Waals surface area contributed by atoms with Gasteiger partial charge in [-0.3, -0.25) is 0 Å². The number of anilines is 2. The average Bonchev–Trinajstić information content (AvgIpc) is 3.01. The zero-order chi connectivity index (χ0) is 21.5. The van der Waals surface area contributed by atoms with E-state index in [1.165, 1.54) is 11.8 Å². The smallest absolute Gasteiger partial charge is 0.153 e. The fourth-order valence-electron chi connectivity index (χ4n) is 4.24. The van der Waals surface area contributed by atoms with Crippen molar-refractivity contribution in [2.24, 2.45) is 11.1 Å². The van der Waals surface area contributed by atoms with Gasteiger partial charge in [0.2, 0.25) is 0 Å². The molecule has 162 valence electrons. The standard InChI is InChI=1S/C20H27ClN6O2S/c1-11-19(30-14-3-6-24-17(23)15(14)21)26-13(9-28)18(25-11)27-7-4-20(5-8-27)10-29-12(2)16(20)22/h3,6,12,16,28H,4-5,7-10,22H2,1-2H3,(H2,23,24). The lowest BCUT2D eigenvalue weighted by Gasteiger charge is -2.42. The van der Waals surface area contributed by atoms with E-state index in [1.807, 2.05) is 13.8 Å². The molecule has 8 nitrogen and oxygen atoms in total. The van der Waals surface area contributed by atoms with Crippen molar-refractivity contribution < 1.29 is 9.84 Å². The fourth-order valence-corrected chi connectivity index (χ4v) is 5.35. The maximum absolute atomic E-state index is 9.98. The highest BCUT2D eigenvalue weighted by Gasteiger charge is 2.47. The van der Waals surface area contributed by atoms with E-state index in [9.17, 15) is 5.11 Å². The highest BCUT2D eigenvalue weighted by Crippen LogP contribution is 2.42. The zero-order valence-electron chi connectivity index (χ0n) is 17.1. The first-order chi connectivity index (χ1) is 14.3. The number of halogens is 1. The number of aryl methyl sites for hydroxylation is 1. The van der Waals surface area contributed by atoms with Crippen LogP contribution in [0.4, 0.5) is 11.6 Å². The quantitative estimate of drug-likeness (QED) is 0.643. The number of hydrogen-bond donors (Lipinski definition) is 3. The molecule has 10 heteroatoms. The van der Waals surface area contributed by atoms with Crippen LogP contribution in [0.2, 0.25) is 5.02 Å². The summed E-state index contributed by atoms with van der Waals surface area (Å²) in [7, 11) is 0. The number of ether oxygens (including phenoxy) is 1. The molecule has 2 atom stereocenters. The lowest BCUT2D eigenvalue weighted by atomic mass is 9.73. The Hall–Kier alpha value is -1.65. The third kappa shape index (κ3) is 3.85. The van der Waals surface area contributed by atoms with Gasteiger partial charge in [0.05, 0.1) is 30.0 Å². The molecule has 2 saturated heterocycles. The Morgan fingerprint density at radius 3 is 2.73 bits per heavy atom. The van der Waals surface area contributed by atoms with Crippen molar-refractivity contribution in [2.75, 3.05) is 30.3 Å². The Labute approximate surface area is 185 Å². The summed E-state index contributed by atoms with van der Waals surface area (Å²) < 4.78 is 5.82. The maximum atomic E-state index is 9.98. The lowest BCUT2D eigenvalue weighted by molar-refractivity contribution is 0.0973. The molecular formula is C20H27ClN6O2S. The molecule has 0 aromatic carbocycles. The van der Waals surface area contributed by atoms with Gasteiger partial charge in [-0.2, -0.15) is 0 Å². The van der Waals surface area contributed by atoms with E-state index in [2.05, 4.69) is 14.9 Å². The van der Waals surface area contributed by atoms with Crippen molar-refractivity contribution in [1.29, 1.82) is 0 Å². The summed E-state index contributed by atoms with van der Waals surface area (Å²) in [6, 6.07) is 1.84. The van der Waals surface area contributed by atoms with Gasteiger partial charge in [0.25, 0.3) is 0 Å². The lowest BCUT2D eigenvalue weighted by Crippen LogP contribution is -2.51. The van der Waals surface area contributed by atoms with Crippen LogP contribution in [0.25, 0.3) is 0 Å². The van der Waals surface area contributed by atoms with Gasteiger partial charge in [-0.15, -0.1) is 0 Å². The van der Waals surface area contributed by atoms with Gasteiger partial charge in [0.1, 0.15) is 16.5 Å². The van der Waals surface area contributed by atoms with E-state index >= 15 is 0 Å². The van der Waals surface area contributed by atoms with Crippen molar-refractivity contribution in [2.45, 2.75) is 55.4 Å². The molecule has 2 aliphatic heterocycles. The minimum Gasteiger partial charge on any atom is -0.390 e. The van der Waals surface area contributed by atoms with Gasteiger partial charge < -0.3 is 26.2 Å². The normalized spacial score (nSPS) is 23.3. The SMILES string of the molecule is Cc1nc(N2CCC3(CC2)COC(C)C3N)c(CO)nc1Sc1ccnc(N)c1Cl. The first kappa shape index (κ1) is 21.6.